The molecule has 1 N–H and O–H groups in total. The molecule has 3 rings (SSSR count). The summed E-state index contributed by atoms with van der Waals surface area (Å²) in [6.07, 6.45) is 0.122. The van der Waals surface area contributed by atoms with E-state index in [9.17, 15) is 0 Å². The summed E-state index contributed by atoms with van der Waals surface area (Å²) < 4.78 is 6.13. The van der Waals surface area contributed by atoms with Crippen LogP contribution >= 0.6 is 0 Å². The molecule has 0 unspecified atom stereocenters. The molecular weight excluding hydrogens is 221 g/mol. The summed E-state index contributed by atoms with van der Waals surface area (Å²) in [7, 11) is -0.00796. The zero-order valence-electron chi connectivity index (χ0n) is 10.4. The lowest BCUT2D eigenvalue weighted by Crippen LogP contribution is -2.43. The van der Waals surface area contributed by atoms with E-state index in [4.69, 9.17) is 4.65 Å². The van der Waals surface area contributed by atoms with Gasteiger partial charge in [-0.2, -0.15) is 0 Å². The molecule has 3 heteroatoms. The van der Waals surface area contributed by atoms with E-state index < -0.39 is 0 Å². The first-order valence-electron chi connectivity index (χ1n) is 6.36. The van der Waals surface area contributed by atoms with Gasteiger partial charge in [0.05, 0.1) is 6.10 Å². The number of nitrogens with one attached hydrogen (secondary N) is 1. The number of hydrogen-bond acceptors (Lipinski definition) is 2. The van der Waals surface area contributed by atoms with Crippen molar-refractivity contribution in [3.63, 3.8) is 0 Å². The zero-order chi connectivity index (χ0) is 12.4. The van der Waals surface area contributed by atoms with Crippen molar-refractivity contribution in [2.75, 3.05) is 0 Å². The van der Waals surface area contributed by atoms with E-state index >= 15 is 0 Å². The normalized spacial score (nSPS) is 23.3. The Morgan fingerprint density at radius 3 is 2.22 bits per heavy atom. The van der Waals surface area contributed by atoms with Crippen molar-refractivity contribution >= 4 is 12.5 Å². The average Bonchev–Trinajstić information content (AvgIpc) is 2.83. The minimum Gasteiger partial charge on any atom is -0.409 e. The molecule has 0 bridgehead atoms. The summed E-state index contributed by atoms with van der Waals surface area (Å²) in [6, 6.07) is 21.0. The van der Waals surface area contributed by atoms with Crippen LogP contribution in [0, 0.1) is 0 Å². The molecule has 0 saturated carbocycles. The Bertz CT molecular complexity index is 502. The standard InChI is InChI=1S/C15H16BNO/c1-12-15(13-8-4-2-5-9-13)18-16(17-12)14-10-6-3-7-11-14/h2-12,15,17H,1H3/t12-,15+/m0/s1. The first-order chi connectivity index (χ1) is 8.84. The molecule has 2 nitrogen and oxygen atoms in total. The molecule has 0 amide bonds. The van der Waals surface area contributed by atoms with Crippen LogP contribution < -0.4 is 10.7 Å². The van der Waals surface area contributed by atoms with Gasteiger partial charge in [-0.25, -0.2) is 0 Å². The van der Waals surface area contributed by atoms with Crippen LogP contribution in [0.2, 0.25) is 0 Å². The van der Waals surface area contributed by atoms with Gasteiger partial charge in [-0.05, 0) is 17.9 Å². The summed E-state index contributed by atoms with van der Waals surface area (Å²) in [5.41, 5.74) is 2.42. The van der Waals surface area contributed by atoms with Crippen LogP contribution in [0.5, 0.6) is 0 Å². The number of benzene rings is 2. The third-order valence-corrected chi connectivity index (χ3v) is 3.38. The molecule has 1 aliphatic heterocycles. The van der Waals surface area contributed by atoms with Crippen molar-refractivity contribution in [1.82, 2.24) is 5.23 Å². The Balaban J connectivity index is 1.81. The Labute approximate surface area is 108 Å². The summed E-state index contributed by atoms with van der Waals surface area (Å²) in [5.74, 6) is 0. The van der Waals surface area contributed by atoms with E-state index in [2.05, 4.69) is 48.5 Å². The SMILES string of the molecule is C[C@@H]1NB(c2ccccc2)O[C@H]1c1ccccc1. The van der Waals surface area contributed by atoms with E-state index in [0.717, 1.165) is 0 Å². The number of rotatable bonds is 2. The van der Waals surface area contributed by atoms with Crippen LogP contribution in [0.25, 0.3) is 0 Å². The lowest BCUT2D eigenvalue weighted by Gasteiger charge is -2.15. The van der Waals surface area contributed by atoms with Gasteiger partial charge in [-0.1, -0.05) is 60.7 Å². The van der Waals surface area contributed by atoms with Gasteiger partial charge in [0, 0.05) is 6.04 Å². The smallest absolute Gasteiger partial charge is 0.409 e. The maximum atomic E-state index is 6.13. The second-order valence-electron chi connectivity index (χ2n) is 4.71. The Morgan fingerprint density at radius 2 is 1.56 bits per heavy atom. The number of hydrogen-bond donors (Lipinski definition) is 1. The van der Waals surface area contributed by atoms with Crippen LogP contribution in [-0.4, -0.2) is 13.1 Å². The highest BCUT2D eigenvalue weighted by Gasteiger charge is 2.36. The van der Waals surface area contributed by atoms with Gasteiger partial charge in [0.1, 0.15) is 0 Å². The van der Waals surface area contributed by atoms with Gasteiger partial charge in [-0.15, -0.1) is 0 Å². The minimum absolute atomic E-state index is 0.00796. The fourth-order valence-corrected chi connectivity index (χ4v) is 2.44. The maximum absolute atomic E-state index is 6.13. The van der Waals surface area contributed by atoms with E-state index in [1.807, 2.05) is 24.3 Å². The zero-order valence-corrected chi connectivity index (χ0v) is 10.4. The summed E-state index contributed by atoms with van der Waals surface area (Å²) in [6.45, 7) is 2.17. The predicted octanol–water partition coefficient (Wildman–Crippen LogP) is 2.13. The summed E-state index contributed by atoms with van der Waals surface area (Å²) >= 11 is 0. The molecule has 18 heavy (non-hydrogen) atoms. The van der Waals surface area contributed by atoms with Crippen LogP contribution in [0.3, 0.4) is 0 Å². The van der Waals surface area contributed by atoms with Gasteiger partial charge in [-0.3, -0.25) is 0 Å². The lowest BCUT2D eigenvalue weighted by atomic mass is 9.74. The van der Waals surface area contributed by atoms with Crippen LogP contribution in [0.15, 0.2) is 60.7 Å². The molecule has 2 aromatic rings. The fourth-order valence-electron chi connectivity index (χ4n) is 2.44. The monoisotopic (exact) mass is 237 g/mol. The van der Waals surface area contributed by atoms with Crippen LogP contribution in [-0.2, 0) is 4.65 Å². The van der Waals surface area contributed by atoms with Crippen molar-refractivity contribution in [3.8, 4) is 0 Å². The van der Waals surface area contributed by atoms with Crippen LogP contribution in [0.1, 0.15) is 18.6 Å². The third-order valence-electron chi connectivity index (χ3n) is 3.38. The molecule has 1 aliphatic rings. The van der Waals surface area contributed by atoms with Gasteiger partial charge in [0.2, 0.25) is 0 Å². The lowest BCUT2D eigenvalue weighted by molar-refractivity contribution is 0.223. The van der Waals surface area contributed by atoms with Crippen molar-refractivity contribution in [3.05, 3.63) is 66.2 Å². The van der Waals surface area contributed by atoms with E-state index in [-0.39, 0.29) is 13.2 Å². The second kappa shape index (κ2) is 4.97. The van der Waals surface area contributed by atoms with Crippen molar-refractivity contribution < 1.29 is 4.65 Å². The first kappa shape index (κ1) is 11.5. The topological polar surface area (TPSA) is 21.3 Å². The third kappa shape index (κ3) is 2.19. The molecule has 1 fully saturated rings. The Morgan fingerprint density at radius 1 is 0.944 bits per heavy atom. The van der Waals surface area contributed by atoms with Crippen LogP contribution in [0.4, 0.5) is 0 Å². The molecule has 0 aliphatic carbocycles. The fraction of sp³-hybridized carbons (Fsp3) is 0.200. The highest BCUT2D eigenvalue weighted by Crippen LogP contribution is 2.26. The minimum atomic E-state index is -0.00796. The Hall–Kier alpha value is -1.58. The van der Waals surface area contributed by atoms with Gasteiger partial charge in [0.15, 0.2) is 0 Å². The highest BCUT2D eigenvalue weighted by atomic mass is 16.5. The largest absolute Gasteiger partial charge is 0.416 e. The van der Waals surface area contributed by atoms with Gasteiger partial charge >= 0.3 is 7.05 Å². The molecule has 2 atom stereocenters. The molecule has 90 valence electrons. The molecule has 0 radical (unpaired) electrons. The molecule has 1 saturated heterocycles. The highest BCUT2D eigenvalue weighted by molar-refractivity contribution is 6.65. The van der Waals surface area contributed by atoms with Crippen molar-refractivity contribution in [1.29, 1.82) is 0 Å². The van der Waals surface area contributed by atoms with E-state index in [1.54, 1.807) is 0 Å². The molecular formula is C15H16BNO. The molecule has 1 heterocycles. The first-order valence-corrected chi connectivity index (χ1v) is 6.36. The molecule has 2 aromatic carbocycles. The van der Waals surface area contributed by atoms with Gasteiger partial charge < -0.3 is 9.88 Å². The second-order valence-corrected chi connectivity index (χ2v) is 4.71. The van der Waals surface area contributed by atoms with Crippen molar-refractivity contribution in [2.24, 2.45) is 0 Å². The summed E-state index contributed by atoms with van der Waals surface area (Å²) in [5, 5.41) is 3.50. The Kier molecular flexibility index (Phi) is 3.18. The maximum Gasteiger partial charge on any atom is 0.416 e. The van der Waals surface area contributed by atoms with Gasteiger partial charge in [0.25, 0.3) is 0 Å². The summed E-state index contributed by atoms with van der Waals surface area (Å²) in [4.78, 5) is 0. The molecule has 0 aromatic heterocycles. The van der Waals surface area contributed by atoms with E-state index in [1.165, 1.54) is 11.0 Å². The molecule has 0 spiro atoms. The van der Waals surface area contributed by atoms with Crippen molar-refractivity contribution in [2.45, 2.75) is 19.1 Å². The average molecular weight is 237 g/mol. The van der Waals surface area contributed by atoms with E-state index in [0.29, 0.717) is 6.04 Å². The quantitative estimate of drug-likeness (QED) is 0.808. The predicted molar refractivity (Wildman–Crippen MR) is 74.7 cm³/mol.